The van der Waals surface area contributed by atoms with Crippen molar-refractivity contribution in [3.63, 3.8) is 0 Å². The number of hydrogen-bond donors (Lipinski definition) is 2. The second-order valence-corrected chi connectivity index (χ2v) is 2.66. The lowest BCUT2D eigenvalue weighted by atomic mass is 10.2. The first-order valence-corrected chi connectivity index (χ1v) is 3.96. The Morgan fingerprint density at radius 3 is 3.17 bits per heavy atom. The van der Waals surface area contributed by atoms with Gasteiger partial charge in [0, 0.05) is 13.6 Å². The summed E-state index contributed by atoms with van der Waals surface area (Å²) in [6.45, 7) is 1.46. The maximum Gasteiger partial charge on any atom is 0.317 e. The summed E-state index contributed by atoms with van der Waals surface area (Å²) in [7, 11) is 1.58. The van der Waals surface area contributed by atoms with Gasteiger partial charge in [-0.05, 0) is 0 Å². The largest absolute Gasteiger partial charge is 0.394 e. The lowest BCUT2D eigenvalue weighted by molar-refractivity contribution is -0.00723. The highest BCUT2D eigenvalue weighted by molar-refractivity contribution is 5.74. The molecule has 0 spiro atoms. The zero-order chi connectivity index (χ0) is 8.97. The van der Waals surface area contributed by atoms with Crippen LogP contribution in [0.4, 0.5) is 4.79 Å². The highest BCUT2D eigenvalue weighted by Gasteiger charge is 2.25. The average molecular weight is 174 g/mol. The molecule has 1 unspecified atom stereocenters. The topological polar surface area (TPSA) is 61.8 Å². The van der Waals surface area contributed by atoms with Crippen molar-refractivity contribution in [3.8, 4) is 0 Å². The molecule has 1 aliphatic rings. The van der Waals surface area contributed by atoms with Crippen molar-refractivity contribution in [2.75, 3.05) is 33.4 Å². The SMILES string of the molecule is CNC(=O)N1CCOCC1CO. The van der Waals surface area contributed by atoms with Crippen molar-refractivity contribution >= 4 is 6.03 Å². The number of carbonyl (C=O) groups excluding carboxylic acids is 1. The number of aliphatic hydroxyl groups excluding tert-OH is 1. The molecule has 5 nitrogen and oxygen atoms in total. The Bertz CT molecular complexity index is 163. The number of ether oxygens (including phenoxy) is 1. The summed E-state index contributed by atoms with van der Waals surface area (Å²) >= 11 is 0. The molecule has 5 heteroatoms. The molecule has 1 rings (SSSR count). The van der Waals surface area contributed by atoms with Gasteiger partial charge in [-0.2, -0.15) is 0 Å². The third kappa shape index (κ3) is 1.86. The monoisotopic (exact) mass is 174 g/mol. The first-order chi connectivity index (χ1) is 5.79. The lowest BCUT2D eigenvalue weighted by Crippen LogP contribution is -2.53. The highest BCUT2D eigenvalue weighted by Crippen LogP contribution is 2.05. The fraction of sp³-hybridized carbons (Fsp3) is 0.857. The minimum atomic E-state index is -0.196. The van der Waals surface area contributed by atoms with E-state index in [2.05, 4.69) is 5.32 Å². The molecular formula is C7H14N2O3. The third-order valence-electron chi connectivity index (χ3n) is 1.91. The van der Waals surface area contributed by atoms with E-state index in [-0.39, 0.29) is 18.7 Å². The van der Waals surface area contributed by atoms with Crippen LogP contribution in [0, 0.1) is 0 Å². The number of urea groups is 1. The van der Waals surface area contributed by atoms with Crippen molar-refractivity contribution in [1.29, 1.82) is 0 Å². The molecule has 1 aliphatic heterocycles. The number of morpholine rings is 1. The molecule has 0 radical (unpaired) electrons. The van der Waals surface area contributed by atoms with Crippen molar-refractivity contribution < 1.29 is 14.6 Å². The summed E-state index contributed by atoms with van der Waals surface area (Å²) in [4.78, 5) is 12.8. The predicted octanol–water partition coefficient (Wildman–Crippen LogP) is -0.981. The number of rotatable bonds is 1. The first kappa shape index (κ1) is 9.28. The van der Waals surface area contributed by atoms with Crippen LogP contribution < -0.4 is 5.32 Å². The summed E-state index contributed by atoms with van der Waals surface area (Å²) in [6, 6.07) is -0.351. The summed E-state index contributed by atoms with van der Waals surface area (Å²) in [6.07, 6.45) is 0. The standard InChI is InChI=1S/C7H14N2O3/c1-8-7(11)9-2-3-12-5-6(9)4-10/h6,10H,2-5H2,1H3,(H,8,11). The summed E-state index contributed by atoms with van der Waals surface area (Å²) < 4.78 is 5.12. The molecule has 2 amide bonds. The van der Waals surface area contributed by atoms with E-state index >= 15 is 0 Å². The first-order valence-electron chi connectivity index (χ1n) is 3.96. The van der Waals surface area contributed by atoms with Crippen molar-refractivity contribution in [2.24, 2.45) is 0 Å². The van der Waals surface area contributed by atoms with Gasteiger partial charge in [0.05, 0.1) is 25.9 Å². The second kappa shape index (κ2) is 4.27. The van der Waals surface area contributed by atoms with Crippen LogP contribution in [0.2, 0.25) is 0 Å². The number of nitrogens with one attached hydrogen (secondary N) is 1. The molecule has 1 fully saturated rings. The summed E-state index contributed by atoms with van der Waals surface area (Å²) in [5, 5.41) is 11.4. The molecule has 1 heterocycles. The molecule has 0 aromatic carbocycles. The van der Waals surface area contributed by atoms with Gasteiger partial charge in [-0.25, -0.2) is 4.79 Å². The van der Waals surface area contributed by atoms with E-state index in [1.54, 1.807) is 11.9 Å². The fourth-order valence-corrected chi connectivity index (χ4v) is 1.22. The fourth-order valence-electron chi connectivity index (χ4n) is 1.22. The molecule has 1 atom stereocenters. The van der Waals surface area contributed by atoms with E-state index in [1.807, 2.05) is 0 Å². The van der Waals surface area contributed by atoms with E-state index in [1.165, 1.54) is 0 Å². The van der Waals surface area contributed by atoms with Gasteiger partial charge in [0.1, 0.15) is 0 Å². The Balaban J connectivity index is 2.52. The molecule has 0 bridgehead atoms. The maximum absolute atomic E-state index is 11.2. The van der Waals surface area contributed by atoms with Gasteiger partial charge in [0.2, 0.25) is 0 Å². The molecule has 2 N–H and O–H groups in total. The van der Waals surface area contributed by atoms with Crippen LogP contribution in [-0.2, 0) is 4.74 Å². The van der Waals surface area contributed by atoms with Crippen molar-refractivity contribution in [1.82, 2.24) is 10.2 Å². The third-order valence-corrected chi connectivity index (χ3v) is 1.91. The maximum atomic E-state index is 11.2. The molecule has 1 saturated heterocycles. The van der Waals surface area contributed by atoms with Crippen LogP contribution in [0.25, 0.3) is 0 Å². The van der Waals surface area contributed by atoms with Crippen LogP contribution in [0.1, 0.15) is 0 Å². The molecule has 12 heavy (non-hydrogen) atoms. The molecule has 0 saturated carbocycles. The molecule has 0 aliphatic carbocycles. The smallest absolute Gasteiger partial charge is 0.317 e. The summed E-state index contributed by atoms with van der Waals surface area (Å²) in [5.74, 6) is 0. The highest BCUT2D eigenvalue weighted by atomic mass is 16.5. The Kier molecular flexibility index (Phi) is 3.31. The minimum absolute atomic E-state index is 0.0482. The van der Waals surface area contributed by atoms with E-state index in [9.17, 15) is 4.79 Å². The van der Waals surface area contributed by atoms with Crippen LogP contribution in [0.3, 0.4) is 0 Å². The van der Waals surface area contributed by atoms with Gasteiger partial charge < -0.3 is 20.1 Å². The van der Waals surface area contributed by atoms with Gasteiger partial charge >= 0.3 is 6.03 Å². The Hall–Kier alpha value is -0.810. The Labute approximate surface area is 71.3 Å². The average Bonchev–Trinajstić information content (AvgIpc) is 2.16. The van der Waals surface area contributed by atoms with Gasteiger partial charge in [-0.1, -0.05) is 0 Å². The number of amides is 2. The molecular weight excluding hydrogens is 160 g/mol. The number of nitrogens with zero attached hydrogens (tertiary/aromatic N) is 1. The predicted molar refractivity (Wildman–Crippen MR) is 42.9 cm³/mol. The molecule has 0 aromatic heterocycles. The zero-order valence-corrected chi connectivity index (χ0v) is 7.12. The summed E-state index contributed by atoms with van der Waals surface area (Å²) in [5.41, 5.74) is 0. The van der Waals surface area contributed by atoms with Gasteiger partial charge in [-0.15, -0.1) is 0 Å². The van der Waals surface area contributed by atoms with Crippen molar-refractivity contribution in [2.45, 2.75) is 6.04 Å². The van der Waals surface area contributed by atoms with Crippen LogP contribution in [-0.4, -0.2) is 55.5 Å². The Morgan fingerprint density at radius 1 is 1.83 bits per heavy atom. The second-order valence-electron chi connectivity index (χ2n) is 2.66. The molecule has 0 aromatic rings. The van der Waals surface area contributed by atoms with Crippen molar-refractivity contribution in [3.05, 3.63) is 0 Å². The number of hydrogen-bond acceptors (Lipinski definition) is 3. The van der Waals surface area contributed by atoms with Crippen LogP contribution in [0.5, 0.6) is 0 Å². The van der Waals surface area contributed by atoms with Crippen LogP contribution in [0.15, 0.2) is 0 Å². The normalized spacial score (nSPS) is 23.8. The minimum Gasteiger partial charge on any atom is -0.394 e. The lowest BCUT2D eigenvalue weighted by Gasteiger charge is -2.33. The van der Waals surface area contributed by atoms with Gasteiger partial charge in [0.15, 0.2) is 0 Å². The Morgan fingerprint density at radius 2 is 2.58 bits per heavy atom. The zero-order valence-electron chi connectivity index (χ0n) is 7.12. The van der Waals surface area contributed by atoms with Gasteiger partial charge in [0.25, 0.3) is 0 Å². The quantitative estimate of drug-likeness (QED) is 0.537. The van der Waals surface area contributed by atoms with E-state index < -0.39 is 0 Å². The van der Waals surface area contributed by atoms with E-state index in [4.69, 9.17) is 9.84 Å². The van der Waals surface area contributed by atoms with Crippen LogP contribution >= 0.6 is 0 Å². The van der Waals surface area contributed by atoms with E-state index in [0.717, 1.165) is 0 Å². The van der Waals surface area contributed by atoms with E-state index in [0.29, 0.717) is 19.8 Å². The number of carbonyl (C=O) groups is 1. The molecule has 70 valence electrons. The number of aliphatic hydroxyl groups is 1. The van der Waals surface area contributed by atoms with Gasteiger partial charge in [-0.3, -0.25) is 0 Å².